The number of carbonyl (C=O) groups is 2. The average Bonchev–Trinajstić information content (AvgIpc) is 2.08. The number of hydrogen-bond acceptors (Lipinski definition) is 3. The van der Waals surface area contributed by atoms with Crippen LogP contribution in [0.15, 0.2) is 0 Å². The SMILES string of the molecule is COCCC(=O)N[C@@H](C(=O)O)C(C)(C)C. The predicted molar refractivity (Wildman–Crippen MR) is 55.5 cm³/mol. The topological polar surface area (TPSA) is 75.6 Å². The zero-order valence-electron chi connectivity index (χ0n) is 9.66. The van der Waals surface area contributed by atoms with E-state index in [1.54, 1.807) is 20.8 Å². The molecular formula is C10H19NO4. The fraction of sp³-hybridized carbons (Fsp3) is 0.800. The van der Waals surface area contributed by atoms with E-state index < -0.39 is 17.4 Å². The number of ether oxygens (including phenoxy) is 1. The van der Waals surface area contributed by atoms with Crippen LogP contribution in [0.1, 0.15) is 27.2 Å². The van der Waals surface area contributed by atoms with Gasteiger partial charge in [-0.05, 0) is 5.41 Å². The van der Waals surface area contributed by atoms with Crippen molar-refractivity contribution in [1.82, 2.24) is 5.32 Å². The summed E-state index contributed by atoms with van der Waals surface area (Å²) >= 11 is 0. The molecule has 0 spiro atoms. The maximum Gasteiger partial charge on any atom is 0.326 e. The number of hydrogen-bond donors (Lipinski definition) is 2. The zero-order valence-corrected chi connectivity index (χ0v) is 9.66. The molecule has 0 aromatic carbocycles. The van der Waals surface area contributed by atoms with Gasteiger partial charge in [-0.3, -0.25) is 4.79 Å². The van der Waals surface area contributed by atoms with Crippen molar-refractivity contribution in [3.8, 4) is 0 Å². The van der Waals surface area contributed by atoms with Gasteiger partial charge in [-0.15, -0.1) is 0 Å². The molecule has 0 aromatic rings. The number of carboxylic acid groups (broad SMARTS) is 1. The molecule has 88 valence electrons. The molecule has 0 aliphatic heterocycles. The van der Waals surface area contributed by atoms with Crippen LogP contribution in [0.25, 0.3) is 0 Å². The molecule has 1 atom stereocenters. The molecule has 2 N–H and O–H groups in total. The van der Waals surface area contributed by atoms with Crippen LogP contribution in [-0.4, -0.2) is 36.7 Å². The summed E-state index contributed by atoms with van der Waals surface area (Å²) < 4.78 is 4.73. The Bertz CT molecular complexity index is 232. The summed E-state index contributed by atoms with van der Waals surface area (Å²) in [6.07, 6.45) is 0.177. The van der Waals surface area contributed by atoms with E-state index in [2.05, 4.69) is 5.32 Å². The van der Waals surface area contributed by atoms with Gasteiger partial charge in [-0.1, -0.05) is 20.8 Å². The van der Waals surface area contributed by atoms with Crippen molar-refractivity contribution in [3.63, 3.8) is 0 Å². The van der Waals surface area contributed by atoms with Crippen LogP contribution in [0, 0.1) is 5.41 Å². The molecule has 0 fully saturated rings. The van der Waals surface area contributed by atoms with Gasteiger partial charge >= 0.3 is 5.97 Å². The highest BCUT2D eigenvalue weighted by molar-refractivity contribution is 5.84. The van der Waals surface area contributed by atoms with Crippen LogP contribution < -0.4 is 5.32 Å². The first-order valence-corrected chi connectivity index (χ1v) is 4.80. The van der Waals surface area contributed by atoms with E-state index in [-0.39, 0.29) is 12.3 Å². The molecular weight excluding hydrogens is 198 g/mol. The van der Waals surface area contributed by atoms with E-state index in [1.807, 2.05) is 0 Å². The Labute approximate surface area is 89.8 Å². The number of nitrogens with one attached hydrogen (secondary N) is 1. The van der Waals surface area contributed by atoms with E-state index in [0.717, 1.165) is 0 Å². The number of methoxy groups -OCH3 is 1. The van der Waals surface area contributed by atoms with Crippen molar-refractivity contribution in [1.29, 1.82) is 0 Å². The smallest absolute Gasteiger partial charge is 0.326 e. The van der Waals surface area contributed by atoms with Gasteiger partial charge < -0.3 is 15.2 Å². The van der Waals surface area contributed by atoms with E-state index in [9.17, 15) is 9.59 Å². The van der Waals surface area contributed by atoms with Gasteiger partial charge in [-0.25, -0.2) is 4.79 Å². The summed E-state index contributed by atoms with van der Waals surface area (Å²) in [5, 5.41) is 11.4. The van der Waals surface area contributed by atoms with Crippen molar-refractivity contribution < 1.29 is 19.4 Å². The second-order valence-corrected chi connectivity index (χ2v) is 4.45. The van der Waals surface area contributed by atoms with E-state index in [1.165, 1.54) is 7.11 Å². The fourth-order valence-corrected chi connectivity index (χ4v) is 1.08. The number of aliphatic carboxylic acids is 1. The fourth-order valence-electron chi connectivity index (χ4n) is 1.08. The molecule has 0 saturated carbocycles. The van der Waals surface area contributed by atoms with Crippen LogP contribution in [0.3, 0.4) is 0 Å². The van der Waals surface area contributed by atoms with E-state index in [0.29, 0.717) is 6.61 Å². The molecule has 0 bridgehead atoms. The molecule has 0 saturated heterocycles. The second kappa shape index (κ2) is 5.70. The third-order valence-electron chi connectivity index (χ3n) is 1.95. The highest BCUT2D eigenvalue weighted by Crippen LogP contribution is 2.19. The molecule has 0 radical (unpaired) electrons. The van der Waals surface area contributed by atoms with Gasteiger partial charge in [0, 0.05) is 13.5 Å². The molecule has 0 rings (SSSR count). The average molecular weight is 217 g/mol. The van der Waals surface area contributed by atoms with Crippen molar-refractivity contribution >= 4 is 11.9 Å². The minimum atomic E-state index is -1.02. The van der Waals surface area contributed by atoms with Crippen LogP contribution in [0.5, 0.6) is 0 Å². The minimum absolute atomic E-state index is 0.177. The molecule has 1 amide bonds. The summed E-state index contributed by atoms with van der Waals surface area (Å²) in [5.41, 5.74) is -0.505. The molecule has 0 aromatic heterocycles. The summed E-state index contributed by atoms with van der Waals surface area (Å²) in [5.74, 6) is -1.33. The third-order valence-corrected chi connectivity index (χ3v) is 1.95. The maximum absolute atomic E-state index is 11.3. The third kappa shape index (κ3) is 5.37. The summed E-state index contributed by atoms with van der Waals surface area (Å²) in [7, 11) is 1.49. The lowest BCUT2D eigenvalue weighted by Crippen LogP contribution is -2.49. The van der Waals surface area contributed by atoms with Gasteiger partial charge in [0.25, 0.3) is 0 Å². The standard InChI is InChI=1S/C10H19NO4/c1-10(2,3)8(9(13)14)11-7(12)5-6-15-4/h8H,5-6H2,1-4H3,(H,11,12)(H,13,14)/t8-/m0/s1. The number of carboxylic acids is 1. The Hall–Kier alpha value is -1.10. The highest BCUT2D eigenvalue weighted by Gasteiger charge is 2.32. The van der Waals surface area contributed by atoms with Crippen LogP contribution in [0.4, 0.5) is 0 Å². The Balaban J connectivity index is 4.31. The largest absolute Gasteiger partial charge is 0.480 e. The van der Waals surface area contributed by atoms with Gasteiger partial charge in [-0.2, -0.15) is 0 Å². The van der Waals surface area contributed by atoms with Gasteiger partial charge in [0.1, 0.15) is 6.04 Å². The predicted octanol–water partition coefficient (Wildman–Crippen LogP) is 0.638. The Morgan fingerprint density at radius 3 is 2.27 bits per heavy atom. The van der Waals surface area contributed by atoms with Gasteiger partial charge in [0.15, 0.2) is 0 Å². The monoisotopic (exact) mass is 217 g/mol. The lowest BCUT2D eigenvalue weighted by molar-refractivity contribution is -0.145. The summed E-state index contributed by atoms with van der Waals surface area (Å²) in [6, 6.07) is -0.873. The van der Waals surface area contributed by atoms with Crippen molar-refractivity contribution in [3.05, 3.63) is 0 Å². The minimum Gasteiger partial charge on any atom is -0.480 e. The highest BCUT2D eigenvalue weighted by atomic mass is 16.5. The maximum atomic E-state index is 11.3. The van der Waals surface area contributed by atoms with E-state index in [4.69, 9.17) is 9.84 Å². The number of rotatable bonds is 5. The van der Waals surface area contributed by atoms with Crippen molar-refractivity contribution in [2.45, 2.75) is 33.2 Å². The Morgan fingerprint density at radius 1 is 1.40 bits per heavy atom. The molecule has 0 aliphatic carbocycles. The Kier molecular flexibility index (Phi) is 5.28. The van der Waals surface area contributed by atoms with Gasteiger partial charge in [0.05, 0.1) is 6.61 Å². The summed E-state index contributed by atoms with van der Waals surface area (Å²) in [6.45, 7) is 5.59. The Morgan fingerprint density at radius 2 is 1.93 bits per heavy atom. The van der Waals surface area contributed by atoms with Crippen molar-refractivity contribution in [2.24, 2.45) is 5.41 Å². The normalized spacial score (nSPS) is 13.3. The number of carbonyl (C=O) groups excluding carboxylic acids is 1. The lowest BCUT2D eigenvalue weighted by atomic mass is 9.86. The van der Waals surface area contributed by atoms with Gasteiger partial charge in [0.2, 0.25) is 5.91 Å². The van der Waals surface area contributed by atoms with E-state index >= 15 is 0 Å². The molecule has 0 unspecified atom stereocenters. The second-order valence-electron chi connectivity index (χ2n) is 4.45. The first kappa shape index (κ1) is 13.9. The van der Waals surface area contributed by atoms with Crippen LogP contribution in [0.2, 0.25) is 0 Å². The first-order chi connectivity index (χ1) is 6.79. The lowest BCUT2D eigenvalue weighted by Gasteiger charge is -2.27. The quantitative estimate of drug-likeness (QED) is 0.708. The molecule has 0 aliphatic rings. The van der Waals surface area contributed by atoms with Crippen LogP contribution in [-0.2, 0) is 14.3 Å². The molecule has 0 heterocycles. The first-order valence-electron chi connectivity index (χ1n) is 4.80. The van der Waals surface area contributed by atoms with Crippen LogP contribution >= 0.6 is 0 Å². The number of amides is 1. The molecule has 15 heavy (non-hydrogen) atoms. The van der Waals surface area contributed by atoms with Crippen molar-refractivity contribution in [2.75, 3.05) is 13.7 Å². The molecule has 5 heteroatoms. The zero-order chi connectivity index (χ0) is 12.1. The summed E-state index contributed by atoms with van der Waals surface area (Å²) in [4.78, 5) is 22.2. The molecule has 5 nitrogen and oxygen atoms in total.